The van der Waals surface area contributed by atoms with E-state index in [1.54, 1.807) is 6.07 Å². The van der Waals surface area contributed by atoms with Crippen LogP contribution in [0.25, 0.3) is 0 Å². The summed E-state index contributed by atoms with van der Waals surface area (Å²) in [6, 6.07) is 1.71. The summed E-state index contributed by atoms with van der Waals surface area (Å²) in [5.74, 6) is 0. The number of carbonyl (C=O) groups excluding carboxylic acids is 1. The topological polar surface area (TPSA) is 81.3 Å². The number of hydrogen-bond donors (Lipinski definition) is 2. The van der Waals surface area contributed by atoms with Gasteiger partial charge in [0, 0.05) is 0 Å². The molecule has 0 radical (unpaired) electrons. The van der Waals surface area contributed by atoms with Gasteiger partial charge in [0.15, 0.2) is 0 Å². The van der Waals surface area contributed by atoms with Crippen molar-refractivity contribution in [1.82, 2.24) is 0 Å². The van der Waals surface area contributed by atoms with Gasteiger partial charge in [-0.15, -0.1) is 0 Å². The highest BCUT2D eigenvalue weighted by atomic mass is 16.3. The van der Waals surface area contributed by atoms with Gasteiger partial charge in [0.2, 0.25) is 0 Å². The summed E-state index contributed by atoms with van der Waals surface area (Å²) in [6.45, 7) is -0.971. The molecule has 4 nitrogen and oxygen atoms in total. The third-order valence-corrected chi connectivity index (χ3v) is 1.31. The van der Waals surface area contributed by atoms with Gasteiger partial charge >= 0.3 is 0 Å². The minimum atomic E-state index is -1.26. The standard InChI is InChI=1S/C6H9NO3/c7-2-1-6(3-8,4-9)5-10/h3,9-10H,1,4-5H2. The summed E-state index contributed by atoms with van der Waals surface area (Å²) in [7, 11) is 0. The molecule has 56 valence electrons. The summed E-state index contributed by atoms with van der Waals surface area (Å²) < 4.78 is 0. The first-order chi connectivity index (χ1) is 4.74. The Morgan fingerprint density at radius 2 is 2.00 bits per heavy atom. The molecule has 0 aliphatic heterocycles. The van der Waals surface area contributed by atoms with Gasteiger partial charge in [-0.3, -0.25) is 0 Å². The number of rotatable bonds is 4. The molecule has 0 aromatic rings. The SMILES string of the molecule is N#CCC(C=O)(CO)CO. The van der Waals surface area contributed by atoms with Crippen LogP contribution in [0.2, 0.25) is 0 Å². The molecule has 0 bridgehead atoms. The van der Waals surface area contributed by atoms with Crippen LogP contribution in [0, 0.1) is 16.7 Å². The zero-order valence-corrected chi connectivity index (χ0v) is 5.45. The van der Waals surface area contributed by atoms with Gasteiger partial charge in [0.25, 0.3) is 0 Å². The van der Waals surface area contributed by atoms with Crippen LogP contribution in [-0.2, 0) is 4.79 Å². The predicted molar refractivity (Wildman–Crippen MR) is 32.9 cm³/mol. The Morgan fingerprint density at radius 1 is 1.50 bits per heavy atom. The normalized spacial score (nSPS) is 10.5. The lowest BCUT2D eigenvalue weighted by atomic mass is 9.89. The second kappa shape index (κ2) is 3.99. The maximum atomic E-state index is 10.2. The van der Waals surface area contributed by atoms with Crippen LogP contribution in [0.3, 0.4) is 0 Å². The lowest BCUT2D eigenvalue weighted by Crippen LogP contribution is -2.30. The van der Waals surface area contributed by atoms with E-state index in [9.17, 15) is 4.79 Å². The molecule has 2 N–H and O–H groups in total. The maximum Gasteiger partial charge on any atom is 0.131 e. The zero-order valence-electron chi connectivity index (χ0n) is 5.45. The Bertz CT molecular complexity index is 146. The lowest BCUT2D eigenvalue weighted by molar-refractivity contribution is -0.120. The lowest BCUT2D eigenvalue weighted by Gasteiger charge is -2.17. The first-order valence-corrected chi connectivity index (χ1v) is 2.79. The van der Waals surface area contributed by atoms with E-state index >= 15 is 0 Å². The molecule has 0 heterocycles. The molecule has 0 saturated carbocycles. The molecule has 0 rings (SSSR count). The molecule has 0 atom stereocenters. The molecule has 0 amide bonds. The fourth-order valence-electron chi connectivity index (χ4n) is 0.435. The Labute approximate surface area is 58.7 Å². The second-order valence-corrected chi connectivity index (χ2v) is 2.13. The Kier molecular flexibility index (Phi) is 3.62. The fourth-order valence-corrected chi connectivity index (χ4v) is 0.435. The third-order valence-electron chi connectivity index (χ3n) is 1.31. The largest absolute Gasteiger partial charge is 0.395 e. The first kappa shape index (κ1) is 9.08. The van der Waals surface area contributed by atoms with Crippen molar-refractivity contribution in [3.8, 4) is 6.07 Å². The number of carbonyl (C=O) groups is 1. The monoisotopic (exact) mass is 143 g/mol. The van der Waals surface area contributed by atoms with Crippen LogP contribution < -0.4 is 0 Å². The fraction of sp³-hybridized carbons (Fsp3) is 0.667. The average Bonchev–Trinajstić information content (AvgIpc) is 2.01. The summed E-state index contributed by atoms with van der Waals surface area (Å²) in [4.78, 5) is 10.2. The van der Waals surface area contributed by atoms with Gasteiger partial charge in [-0.1, -0.05) is 0 Å². The van der Waals surface area contributed by atoms with Crippen molar-refractivity contribution in [2.75, 3.05) is 13.2 Å². The molecule has 10 heavy (non-hydrogen) atoms. The summed E-state index contributed by atoms with van der Waals surface area (Å²) in [5, 5.41) is 25.3. The molecule has 0 fully saturated rings. The van der Waals surface area contributed by atoms with E-state index in [-0.39, 0.29) is 6.42 Å². The van der Waals surface area contributed by atoms with E-state index in [0.29, 0.717) is 6.29 Å². The number of nitriles is 1. The summed E-state index contributed by atoms with van der Waals surface area (Å²) in [5.41, 5.74) is -1.26. The highest BCUT2D eigenvalue weighted by Gasteiger charge is 2.27. The van der Waals surface area contributed by atoms with Gasteiger partial charge in [-0.25, -0.2) is 0 Å². The summed E-state index contributed by atoms with van der Waals surface area (Å²) in [6.07, 6.45) is 0.264. The van der Waals surface area contributed by atoms with Crippen LogP contribution in [0.15, 0.2) is 0 Å². The van der Waals surface area contributed by atoms with Crippen LogP contribution in [0.4, 0.5) is 0 Å². The van der Waals surface area contributed by atoms with E-state index in [1.807, 2.05) is 0 Å². The van der Waals surface area contributed by atoms with E-state index in [2.05, 4.69) is 0 Å². The van der Waals surface area contributed by atoms with Gasteiger partial charge < -0.3 is 15.0 Å². The van der Waals surface area contributed by atoms with Crippen molar-refractivity contribution >= 4 is 6.29 Å². The molecule has 0 spiro atoms. The van der Waals surface area contributed by atoms with Crippen molar-refractivity contribution in [3.63, 3.8) is 0 Å². The molecule has 0 unspecified atom stereocenters. The quantitative estimate of drug-likeness (QED) is 0.498. The number of aliphatic hydroxyl groups excluding tert-OH is 2. The number of aldehydes is 1. The Morgan fingerprint density at radius 3 is 2.10 bits per heavy atom. The van der Waals surface area contributed by atoms with Crippen LogP contribution >= 0.6 is 0 Å². The van der Waals surface area contributed by atoms with Gasteiger partial charge in [-0.05, 0) is 0 Å². The van der Waals surface area contributed by atoms with Crippen LogP contribution in [0.1, 0.15) is 6.42 Å². The smallest absolute Gasteiger partial charge is 0.131 e. The maximum absolute atomic E-state index is 10.2. The molecule has 0 aliphatic carbocycles. The van der Waals surface area contributed by atoms with Crippen molar-refractivity contribution in [2.45, 2.75) is 6.42 Å². The number of hydrogen-bond acceptors (Lipinski definition) is 4. The summed E-state index contributed by atoms with van der Waals surface area (Å²) >= 11 is 0. The van der Waals surface area contributed by atoms with Crippen molar-refractivity contribution in [2.24, 2.45) is 5.41 Å². The van der Waals surface area contributed by atoms with E-state index in [0.717, 1.165) is 0 Å². The first-order valence-electron chi connectivity index (χ1n) is 2.79. The Hall–Kier alpha value is -0.920. The van der Waals surface area contributed by atoms with E-state index in [1.165, 1.54) is 0 Å². The molecular formula is C6H9NO3. The molecule has 0 aromatic carbocycles. The van der Waals surface area contributed by atoms with Crippen molar-refractivity contribution in [1.29, 1.82) is 5.26 Å². The van der Waals surface area contributed by atoms with Gasteiger partial charge in [0.05, 0.1) is 31.1 Å². The molecule has 0 aromatic heterocycles. The minimum Gasteiger partial charge on any atom is -0.395 e. The predicted octanol–water partition coefficient (Wildman–Crippen LogP) is -0.930. The average molecular weight is 143 g/mol. The van der Waals surface area contributed by atoms with Crippen LogP contribution in [-0.4, -0.2) is 29.7 Å². The van der Waals surface area contributed by atoms with E-state index < -0.39 is 18.6 Å². The molecule has 0 saturated heterocycles. The second-order valence-electron chi connectivity index (χ2n) is 2.13. The molecule has 0 aliphatic rings. The van der Waals surface area contributed by atoms with Gasteiger partial charge in [-0.2, -0.15) is 5.26 Å². The number of nitrogens with zero attached hydrogens (tertiary/aromatic N) is 1. The highest BCUT2D eigenvalue weighted by Crippen LogP contribution is 2.15. The van der Waals surface area contributed by atoms with Crippen molar-refractivity contribution in [3.05, 3.63) is 0 Å². The van der Waals surface area contributed by atoms with Gasteiger partial charge in [0.1, 0.15) is 6.29 Å². The highest BCUT2D eigenvalue weighted by molar-refractivity contribution is 5.60. The third kappa shape index (κ3) is 1.79. The molecular weight excluding hydrogens is 134 g/mol. The van der Waals surface area contributed by atoms with Crippen LogP contribution in [0.5, 0.6) is 0 Å². The van der Waals surface area contributed by atoms with Crippen molar-refractivity contribution < 1.29 is 15.0 Å². The molecule has 4 heteroatoms. The minimum absolute atomic E-state index is 0.149. The van der Waals surface area contributed by atoms with E-state index in [4.69, 9.17) is 15.5 Å². The Balaban J connectivity index is 4.18. The zero-order chi connectivity index (χ0) is 8.04. The number of aliphatic hydroxyl groups is 2.